The molecular formula is C28H35FN6O3. The van der Waals surface area contributed by atoms with Crippen LogP contribution in [0.15, 0.2) is 36.7 Å². The van der Waals surface area contributed by atoms with Gasteiger partial charge in [0, 0.05) is 28.9 Å². The van der Waals surface area contributed by atoms with Crippen molar-refractivity contribution >= 4 is 5.95 Å². The second kappa shape index (κ2) is 10.3. The molecule has 3 aromatic rings. The van der Waals surface area contributed by atoms with Gasteiger partial charge in [-0.3, -0.25) is 0 Å². The van der Waals surface area contributed by atoms with Crippen LogP contribution in [0.1, 0.15) is 46.0 Å². The first kappa shape index (κ1) is 26.1. The molecule has 0 saturated heterocycles. The van der Waals surface area contributed by atoms with Crippen molar-refractivity contribution in [1.29, 1.82) is 0 Å². The van der Waals surface area contributed by atoms with Gasteiger partial charge in [0.2, 0.25) is 5.95 Å². The molecule has 4 atom stereocenters. The molecule has 0 spiro atoms. The molecular weight excluding hydrogens is 487 g/mol. The normalized spacial score (nSPS) is 25.5. The third-order valence-corrected chi connectivity index (χ3v) is 7.67. The van der Waals surface area contributed by atoms with E-state index < -0.39 is 17.8 Å². The second-order valence-corrected chi connectivity index (χ2v) is 10.8. The van der Waals surface area contributed by atoms with Crippen molar-refractivity contribution < 1.29 is 19.0 Å². The van der Waals surface area contributed by atoms with Crippen molar-refractivity contribution in [2.75, 3.05) is 19.1 Å². The van der Waals surface area contributed by atoms with E-state index in [0.29, 0.717) is 35.3 Å². The lowest BCUT2D eigenvalue weighted by atomic mass is 9.91. The van der Waals surface area contributed by atoms with Gasteiger partial charge in [0.25, 0.3) is 5.88 Å². The first-order valence-electron chi connectivity index (χ1n) is 13.0. The number of ether oxygens (including phenoxy) is 2. The largest absolute Gasteiger partial charge is 0.507 e. The minimum atomic E-state index is -1.02. The molecule has 0 amide bonds. The molecule has 5 rings (SSSR count). The lowest BCUT2D eigenvalue weighted by molar-refractivity contribution is 0.192. The molecule has 1 unspecified atom stereocenters. The Hall–Kier alpha value is -3.53. The third-order valence-electron chi connectivity index (χ3n) is 7.67. The zero-order valence-electron chi connectivity index (χ0n) is 22.3. The van der Waals surface area contributed by atoms with Gasteiger partial charge in [-0.1, -0.05) is 13.0 Å². The predicted octanol–water partition coefficient (Wildman–Crippen LogP) is 4.54. The molecule has 38 heavy (non-hydrogen) atoms. The van der Waals surface area contributed by atoms with E-state index in [9.17, 15) is 5.11 Å². The number of phenolic OH excluding ortho intramolecular Hbond substituents is 1. The van der Waals surface area contributed by atoms with Gasteiger partial charge in [-0.15, -0.1) is 10.2 Å². The minimum absolute atomic E-state index is 0.0282. The molecule has 9 nitrogen and oxygen atoms in total. The number of aromatic nitrogens is 4. The van der Waals surface area contributed by atoms with Crippen LogP contribution >= 0.6 is 0 Å². The predicted molar refractivity (Wildman–Crippen MR) is 143 cm³/mol. The first-order valence-corrected chi connectivity index (χ1v) is 13.0. The second-order valence-electron chi connectivity index (χ2n) is 10.8. The van der Waals surface area contributed by atoms with Crippen molar-refractivity contribution in [2.45, 2.75) is 69.7 Å². The van der Waals surface area contributed by atoms with E-state index in [1.807, 2.05) is 24.8 Å². The number of nitrogens with zero attached hydrogens (tertiary/aromatic N) is 5. The average Bonchev–Trinajstić information content (AvgIpc) is 3.76. The number of rotatable bonds is 7. The molecule has 1 aromatic carbocycles. The summed E-state index contributed by atoms with van der Waals surface area (Å²) in [7, 11) is 3.07. The number of pyridine rings is 1. The molecule has 3 N–H and O–H groups in total. The molecule has 202 valence electrons. The average molecular weight is 523 g/mol. The lowest BCUT2D eigenvalue weighted by Crippen LogP contribution is -2.50. The zero-order valence-corrected chi connectivity index (χ0v) is 22.3. The Labute approximate surface area is 222 Å². The first-order chi connectivity index (χ1) is 18.2. The van der Waals surface area contributed by atoms with Gasteiger partial charge in [-0.05, 0) is 68.7 Å². The number of alkyl halides is 1. The number of anilines is 1. The number of halogens is 1. The van der Waals surface area contributed by atoms with E-state index >= 15 is 4.39 Å². The van der Waals surface area contributed by atoms with Crippen LogP contribution in [0.4, 0.5) is 10.3 Å². The Kier molecular flexibility index (Phi) is 7.09. The van der Waals surface area contributed by atoms with Gasteiger partial charge in [0.05, 0.1) is 26.5 Å². The van der Waals surface area contributed by atoms with Gasteiger partial charge in [-0.2, -0.15) is 0 Å². The molecule has 2 fully saturated rings. The summed E-state index contributed by atoms with van der Waals surface area (Å²) in [6, 6.07) is 6.83. The summed E-state index contributed by atoms with van der Waals surface area (Å²) in [6.07, 6.45) is 6.23. The monoisotopic (exact) mass is 522 g/mol. The zero-order chi connectivity index (χ0) is 27.0. The van der Waals surface area contributed by atoms with Crippen molar-refractivity contribution in [3.63, 3.8) is 0 Å². The Morgan fingerprint density at radius 2 is 1.84 bits per heavy atom. The highest BCUT2D eigenvalue weighted by molar-refractivity contribution is 5.74. The Bertz CT molecular complexity index is 1280. The molecule has 0 bridgehead atoms. The summed E-state index contributed by atoms with van der Waals surface area (Å²) in [5, 5.41) is 19.6. The number of nitrogens with two attached hydrogens (primary N) is 1. The van der Waals surface area contributed by atoms with Gasteiger partial charge < -0.3 is 25.2 Å². The minimum Gasteiger partial charge on any atom is -0.507 e. The van der Waals surface area contributed by atoms with Crippen LogP contribution in [-0.2, 0) is 0 Å². The summed E-state index contributed by atoms with van der Waals surface area (Å²) in [4.78, 5) is 10.9. The van der Waals surface area contributed by atoms with E-state index in [0.717, 1.165) is 36.8 Å². The van der Waals surface area contributed by atoms with Crippen LogP contribution in [0.5, 0.6) is 17.4 Å². The van der Waals surface area contributed by atoms with Gasteiger partial charge in [0.15, 0.2) is 5.75 Å². The molecule has 10 heteroatoms. The topological polar surface area (TPSA) is 120 Å². The molecule has 0 radical (unpaired) electrons. The maximum atomic E-state index is 15.6. The molecule has 2 aliphatic carbocycles. The summed E-state index contributed by atoms with van der Waals surface area (Å²) < 4.78 is 26.1. The Balaban J connectivity index is 1.41. The highest BCUT2D eigenvalue weighted by atomic mass is 19.1. The fourth-order valence-electron chi connectivity index (χ4n) is 5.30. The van der Waals surface area contributed by atoms with Crippen LogP contribution in [0.3, 0.4) is 0 Å². The smallest absolute Gasteiger partial charge is 0.256 e. The third kappa shape index (κ3) is 5.22. The highest BCUT2D eigenvalue weighted by Crippen LogP contribution is 2.40. The number of hydrogen-bond donors (Lipinski definition) is 2. The number of benzene rings is 1. The maximum Gasteiger partial charge on any atom is 0.256 e. The van der Waals surface area contributed by atoms with Crippen LogP contribution in [-0.4, -0.2) is 63.3 Å². The number of aromatic hydroxyl groups is 1. The molecule has 2 aliphatic rings. The van der Waals surface area contributed by atoms with Gasteiger partial charge >= 0.3 is 0 Å². The Morgan fingerprint density at radius 3 is 2.47 bits per heavy atom. The molecule has 2 saturated carbocycles. The maximum absolute atomic E-state index is 15.6. The van der Waals surface area contributed by atoms with E-state index in [2.05, 4.69) is 20.2 Å². The highest BCUT2D eigenvalue weighted by Gasteiger charge is 2.45. The quantitative estimate of drug-likeness (QED) is 0.431. The fourth-order valence-corrected chi connectivity index (χ4v) is 5.30. The van der Waals surface area contributed by atoms with E-state index in [1.54, 1.807) is 37.7 Å². The van der Waals surface area contributed by atoms with Crippen LogP contribution < -0.4 is 20.1 Å². The molecule has 2 heterocycles. The number of methoxy groups -OCH3 is 2. The number of hydrogen-bond acceptors (Lipinski definition) is 9. The Morgan fingerprint density at radius 1 is 1.05 bits per heavy atom. The summed E-state index contributed by atoms with van der Waals surface area (Å²) >= 11 is 0. The van der Waals surface area contributed by atoms with Crippen molar-refractivity contribution in [1.82, 2.24) is 20.2 Å². The van der Waals surface area contributed by atoms with Crippen LogP contribution in [0, 0.1) is 5.92 Å². The van der Waals surface area contributed by atoms with Crippen LogP contribution in [0.2, 0.25) is 0 Å². The van der Waals surface area contributed by atoms with E-state index in [1.165, 1.54) is 7.11 Å². The standard InChI is InChI=1S/C28H35FN6O3/c1-16-9-10-28(2,30)13-22(25(16)29)35(19-6-7-19)27-32-15-21(33-34-27)20-8-5-17(11-23(20)36)18-12-24(37-3)26(38-4)31-14-18/h5,8,11-12,14-16,19,22,25,36H,6-7,9-10,13,30H2,1-4H3/t16?,22-,25+,28-/m0/s1. The van der Waals surface area contributed by atoms with Gasteiger partial charge in [-0.25, -0.2) is 14.4 Å². The molecule has 0 aliphatic heterocycles. The van der Waals surface area contributed by atoms with Crippen molar-refractivity contribution in [2.24, 2.45) is 11.7 Å². The van der Waals surface area contributed by atoms with E-state index in [-0.39, 0.29) is 17.7 Å². The lowest BCUT2D eigenvalue weighted by Gasteiger charge is -2.37. The number of phenols is 1. The fraction of sp³-hybridized carbons (Fsp3) is 0.500. The van der Waals surface area contributed by atoms with E-state index in [4.69, 9.17) is 15.2 Å². The molecule has 2 aromatic heterocycles. The van der Waals surface area contributed by atoms with Crippen molar-refractivity contribution in [3.8, 4) is 39.8 Å². The van der Waals surface area contributed by atoms with Crippen molar-refractivity contribution in [3.05, 3.63) is 36.7 Å². The summed E-state index contributed by atoms with van der Waals surface area (Å²) in [5.74, 6) is 1.22. The summed E-state index contributed by atoms with van der Waals surface area (Å²) in [6.45, 7) is 3.96. The van der Waals surface area contributed by atoms with Crippen LogP contribution in [0.25, 0.3) is 22.4 Å². The van der Waals surface area contributed by atoms with Gasteiger partial charge in [0.1, 0.15) is 17.6 Å². The SMILES string of the molecule is COc1cc(-c2ccc(-c3cnc(N(C4CC4)[C@H]4C[C@@](C)(N)CCC(C)[C@H]4F)nn3)c(O)c2)cnc1OC. The summed E-state index contributed by atoms with van der Waals surface area (Å²) in [5.41, 5.74) is 8.51.